The standard InChI is InChI=1S/C15H24ClN3O3S/c1-12(2)18-23(20,21)17-11-15(19-7-9-22-10-8-19)13-3-5-14(16)6-4-13/h3-6,12,15,17-18H,7-11H2,1-2H3. The number of morpholine rings is 1. The van der Waals surface area contributed by atoms with Crippen molar-refractivity contribution in [2.45, 2.75) is 25.9 Å². The molecule has 0 aromatic heterocycles. The van der Waals surface area contributed by atoms with Crippen LogP contribution in [-0.4, -0.2) is 52.2 Å². The largest absolute Gasteiger partial charge is 0.379 e. The Hall–Kier alpha value is -0.700. The summed E-state index contributed by atoms with van der Waals surface area (Å²) in [5, 5.41) is 0.663. The highest BCUT2D eigenvalue weighted by Crippen LogP contribution is 2.23. The van der Waals surface area contributed by atoms with E-state index >= 15 is 0 Å². The highest BCUT2D eigenvalue weighted by atomic mass is 35.5. The molecule has 0 saturated carbocycles. The highest BCUT2D eigenvalue weighted by Gasteiger charge is 2.24. The van der Waals surface area contributed by atoms with Crippen molar-refractivity contribution in [3.8, 4) is 0 Å². The first-order valence-corrected chi connectivity index (χ1v) is 9.57. The number of nitrogens with one attached hydrogen (secondary N) is 2. The Morgan fingerprint density at radius 2 is 1.83 bits per heavy atom. The Balaban J connectivity index is 2.11. The van der Waals surface area contributed by atoms with Crippen LogP contribution >= 0.6 is 11.6 Å². The van der Waals surface area contributed by atoms with Gasteiger partial charge in [-0.15, -0.1) is 0 Å². The molecule has 0 spiro atoms. The number of hydrogen-bond donors (Lipinski definition) is 2. The monoisotopic (exact) mass is 361 g/mol. The van der Waals surface area contributed by atoms with Gasteiger partial charge >= 0.3 is 0 Å². The molecule has 1 unspecified atom stereocenters. The van der Waals surface area contributed by atoms with E-state index in [0.717, 1.165) is 18.7 Å². The molecule has 0 radical (unpaired) electrons. The molecule has 1 aromatic carbocycles. The Morgan fingerprint density at radius 1 is 1.22 bits per heavy atom. The summed E-state index contributed by atoms with van der Waals surface area (Å²) < 4.78 is 34.6. The fourth-order valence-corrected chi connectivity index (χ4v) is 3.78. The van der Waals surface area contributed by atoms with Crippen LogP contribution in [0.25, 0.3) is 0 Å². The van der Waals surface area contributed by atoms with Crippen molar-refractivity contribution < 1.29 is 13.2 Å². The van der Waals surface area contributed by atoms with E-state index in [1.165, 1.54) is 0 Å². The number of halogens is 1. The van der Waals surface area contributed by atoms with Crippen molar-refractivity contribution in [1.29, 1.82) is 0 Å². The lowest BCUT2D eigenvalue weighted by Gasteiger charge is -2.35. The summed E-state index contributed by atoms with van der Waals surface area (Å²) >= 11 is 5.95. The number of rotatable bonds is 7. The lowest BCUT2D eigenvalue weighted by atomic mass is 10.1. The summed E-state index contributed by atoms with van der Waals surface area (Å²) in [6.07, 6.45) is 0. The van der Waals surface area contributed by atoms with E-state index < -0.39 is 10.2 Å². The third-order valence-electron chi connectivity index (χ3n) is 3.60. The van der Waals surface area contributed by atoms with Gasteiger partial charge in [0.15, 0.2) is 0 Å². The predicted molar refractivity (Wildman–Crippen MR) is 91.8 cm³/mol. The van der Waals surface area contributed by atoms with Crippen molar-refractivity contribution in [1.82, 2.24) is 14.3 Å². The molecule has 0 aliphatic carbocycles. The van der Waals surface area contributed by atoms with Gasteiger partial charge in [-0.2, -0.15) is 13.1 Å². The van der Waals surface area contributed by atoms with Gasteiger partial charge in [-0.25, -0.2) is 4.72 Å². The Morgan fingerprint density at radius 3 is 2.39 bits per heavy atom. The maximum Gasteiger partial charge on any atom is 0.277 e. The zero-order valence-corrected chi connectivity index (χ0v) is 15.0. The first-order chi connectivity index (χ1) is 10.9. The van der Waals surface area contributed by atoms with Crippen molar-refractivity contribution >= 4 is 21.8 Å². The summed E-state index contributed by atoms with van der Waals surface area (Å²) in [5.74, 6) is 0. The fourth-order valence-electron chi connectivity index (χ4n) is 2.57. The maximum atomic E-state index is 12.0. The van der Waals surface area contributed by atoms with Crippen LogP contribution in [0.3, 0.4) is 0 Å². The van der Waals surface area contributed by atoms with Gasteiger partial charge in [0.05, 0.1) is 13.2 Å². The van der Waals surface area contributed by atoms with Gasteiger partial charge in [-0.1, -0.05) is 23.7 Å². The van der Waals surface area contributed by atoms with Crippen LogP contribution in [0, 0.1) is 0 Å². The third kappa shape index (κ3) is 6.02. The van der Waals surface area contributed by atoms with Crippen LogP contribution in [-0.2, 0) is 14.9 Å². The minimum absolute atomic E-state index is 0.0556. The second kappa shape index (κ2) is 8.41. The maximum absolute atomic E-state index is 12.0. The molecule has 2 N–H and O–H groups in total. The molecule has 0 bridgehead atoms. The zero-order valence-electron chi connectivity index (χ0n) is 13.5. The van der Waals surface area contributed by atoms with Gasteiger partial charge in [0.25, 0.3) is 10.2 Å². The Kier molecular flexibility index (Phi) is 6.82. The van der Waals surface area contributed by atoms with Crippen LogP contribution in [0.5, 0.6) is 0 Å². The van der Waals surface area contributed by atoms with E-state index in [4.69, 9.17) is 16.3 Å². The van der Waals surface area contributed by atoms with E-state index in [1.807, 2.05) is 24.3 Å². The van der Waals surface area contributed by atoms with Gasteiger partial charge in [0.2, 0.25) is 0 Å². The molecule has 1 aliphatic rings. The van der Waals surface area contributed by atoms with Crippen molar-refractivity contribution in [2.75, 3.05) is 32.8 Å². The molecule has 23 heavy (non-hydrogen) atoms. The fraction of sp³-hybridized carbons (Fsp3) is 0.600. The molecular formula is C15H24ClN3O3S. The number of benzene rings is 1. The molecule has 6 nitrogen and oxygen atoms in total. The normalized spacial score (nSPS) is 18.3. The van der Waals surface area contributed by atoms with Crippen molar-refractivity contribution in [3.05, 3.63) is 34.9 Å². The van der Waals surface area contributed by atoms with E-state index in [2.05, 4.69) is 14.3 Å². The van der Waals surface area contributed by atoms with E-state index in [1.54, 1.807) is 13.8 Å². The van der Waals surface area contributed by atoms with Crippen LogP contribution in [0.2, 0.25) is 5.02 Å². The average molecular weight is 362 g/mol. The molecule has 1 fully saturated rings. The second-order valence-corrected chi connectivity index (χ2v) is 7.81. The molecule has 2 rings (SSSR count). The molecule has 1 saturated heterocycles. The molecule has 1 heterocycles. The molecule has 8 heteroatoms. The topological polar surface area (TPSA) is 70.7 Å². The summed E-state index contributed by atoms with van der Waals surface area (Å²) in [4.78, 5) is 2.23. The van der Waals surface area contributed by atoms with Gasteiger partial charge < -0.3 is 4.74 Å². The zero-order chi connectivity index (χ0) is 16.9. The smallest absolute Gasteiger partial charge is 0.277 e. The summed E-state index contributed by atoms with van der Waals surface area (Å²) in [7, 11) is -3.51. The van der Waals surface area contributed by atoms with Crippen LogP contribution in [0.4, 0.5) is 0 Å². The average Bonchev–Trinajstić information content (AvgIpc) is 2.49. The Bertz CT molecular complexity index is 586. The summed E-state index contributed by atoms with van der Waals surface area (Å²) in [6, 6.07) is 7.32. The molecule has 130 valence electrons. The quantitative estimate of drug-likeness (QED) is 0.773. The first-order valence-electron chi connectivity index (χ1n) is 7.71. The van der Waals surface area contributed by atoms with Gasteiger partial charge in [-0.3, -0.25) is 4.90 Å². The number of nitrogens with zero attached hydrogens (tertiary/aromatic N) is 1. The van der Waals surface area contributed by atoms with Crippen molar-refractivity contribution in [2.24, 2.45) is 0 Å². The molecule has 1 atom stereocenters. The number of ether oxygens (including phenoxy) is 1. The van der Waals surface area contributed by atoms with Crippen molar-refractivity contribution in [3.63, 3.8) is 0 Å². The second-order valence-electron chi connectivity index (χ2n) is 5.84. The van der Waals surface area contributed by atoms with Crippen LogP contribution < -0.4 is 9.44 Å². The Labute approximate surface area is 143 Å². The van der Waals surface area contributed by atoms with Crippen LogP contribution in [0.15, 0.2) is 24.3 Å². The molecule has 0 amide bonds. The van der Waals surface area contributed by atoms with E-state index in [0.29, 0.717) is 24.8 Å². The van der Waals surface area contributed by atoms with Gasteiger partial charge in [0.1, 0.15) is 0 Å². The van der Waals surface area contributed by atoms with E-state index in [-0.39, 0.29) is 12.1 Å². The summed E-state index contributed by atoms with van der Waals surface area (Å²) in [6.45, 7) is 6.72. The molecule has 1 aliphatic heterocycles. The minimum Gasteiger partial charge on any atom is -0.379 e. The van der Waals surface area contributed by atoms with Crippen LogP contribution in [0.1, 0.15) is 25.5 Å². The molecular weight excluding hydrogens is 338 g/mol. The van der Waals surface area contributed by atoms with E-state index in [9.17, 15) is 8.42 Å². The first kappa shape index (κ1) is 18.6. The molecule has 1 aromatic rings. The lowest BCUT2D eigenvalue weighted by molar-refractivity contribution is 0.0172. The van der Waals surface area contributed by atoms with Gasteiger partial charge in [0, 0.05) is 36.7 Å². The third-order valence-corrected chi connectivity index (χ3v) is 5.18. The lowest BCUT2D eigenvalue weighted by Crippen LogP contribution is -2.47. The predicted octanol–water partition coefficient (Wildman–Crippen LogP) is 1.55. The highest BCUT2D eigenvalue weighted by molar-refractivity contribution is 7.87. The number of hydrogen-bond acceptors (Lipinski definition) is 4. The SMILES string of the molecule is CC(C)NS(=O)(=O)NCC(c1ccc(Cl)cc1)N1CCOCC1. The minimum atomic E-state index is -3.51. The van der Waals surface area contributed by atoms with Gasteiger partial charge in [-0.05, 0) is 31.5 Å². The summed E-state index contributed by atoms with van der Waals surface area (Å²) in [5.41, 5.74) is 1.03.